The zero-order valence-corrected chi connectivity index (χ0v) is 24.7. The van der Waals surface area contributed by atoms with Crippen molar-refractivity contribution in [3.8, 4) is 0 Å². The zero-order chi connectivity index (χ0) is 28.1. The lowest BCUT2D eigenvalue weighted by atomic mass is 9.34. The van der Waals surface area contributed by atoms with Crippen molar-refractivity contribution in [2.75, 3.05) is 7.11 Å². The Morgan fingerprint density at radius 1 is 1.11 bits per heavy atom. The van der Waals surface area contributed by atoms with E-state index in [0.717, 1.165) is 44.9 Å². The van der Waals surface area contributed by atoms with Crippen LogP contribution in [0.2, 0.25) is 0 Å². The number of carboxylic acids is 1. The third-order valence-electron chi connectivity index (χ3n) is 13.2. The molecule has 0 spiro atoms. The molecule has 1 N–H and O–H groups in total. The van der Waals surface area contributed by atoms with Crippen LogP contribution in [0, 0.1) is 50.2 Å². The van der Waals surface area contributed by atoms with Gasteiger partial charge >= 0.3 is 17.9 Å². The van der Waals surface area contributed by atoms with Crippen LogP contribution in [-0.2, 0) is 23.9 Å². The minimum atomic E-state index is -0.798. The largest absolute Gasteiger partial charge is 0.481 e. The molecule has 6 nitrogen and oxygen atoms in total. The van der Waals surface area contributed by atoms with Crippen LogP contribution in [0.4, 0.5) is 0 Å². The number of ether oxygens (including phenoxy) is 2. The molecule has 0 aromatic carbocycles. The van der Waals surface area contributed by atoms with Crippen LogP contribution in [-0.4, -0.2) is 36.2 Å². The number of fused-ring (bicyclic) bond motifs is 8. The third-order valence-corrected chi connectivity index (χ3v) is 13.2. The molecule has 38 heavy (non-hydrogen) atoms. The van der Waals surface area contributed by atoms with E-state index in [-0.39, 0.29) is 58.0 Å². The number of methoxy groups -OCH3 is 1. The van der Waals surface area contributed by atoms with E-state index in [0.29, 0.717) is 12.3 Å². The average Bonchev–Trinajstić information content (AvgIpc) is 2.79. The average molecular weight is 529 g/mol. The SMILES string of the molecule is COC(=O)C(C)(C)[C@@H]1CC[C@]2(C)[C@H](CC=C3[C@@H]4C[C@]5(C)CC(=O)O[C@@H](C5)[C@]4(C)CC[C@]32C)[C@@]1(C)CC(=O)O. The van der Waals surface area contributed by atoms with Crippen LogP contribution >= 0.6 is 0 Å². The van der Waals surface area contributed by atoms with E-state index in [9.17, 15) is 19.5 Å². The second-order valence-corrected chi connectivity index (χ2v) is 15.5. The Balaban J connectivity index is 1.60. The van der Waals surface area contributed by atoms with E-state index in [2.05, 4.69) is 40.7 Å². The lowest BCUT2D eigenvalue weighted by Gasteiger charge is -2.70. The highest BCUT2D eigenvalue weighted by Gasteiger charge is 2.69. The standard InChI is InChI=1S/C32H48O6/c1-27(2,26(36)37-8)21-11-12-32(7)22(30(21,5)17-24(33)34)10-9-19-20-15-28(3)16-23(38-25(35)18-28)29(20,4)13-14-31(19,32)6/h9,20-23H,10-18H2,1-8H3,(H,33,34)/t20-,21-,22+,23-,28-,29+,30-,31+,32+/m0/s1. The van der Waals surface area contributed by atoms with Gasteiger partial charge in [-0.2, -0.15) is 0 Å². The monoisotopic (exact) mass is 528 g/mol. The fourth-order valence-corrected chi connectivity index (χ4v) is 10.9. The maximum absolute atomic E-state index is 13.0. The van der Waals surface area contributed by atoms with Gasteiger partial charge in [0.1, 0.15) is 6.10 Å². The van der Waals surface area contributed by atoms with Gasteiger partial charge in [0, 0.05) is 5.41 Å². The zero-order valence-electron chi connectivity index (χ0n) is 24.7. The van der Waals surface area contributed by atoms with Crippen molar-refractivity contribution in [3.05, 3.63) is 11.6 Å². The summed E-state index contributed by atoms with van der Waals surface area (Å²) >= 11 is 0. The van der Waals surface area contributed by atoms with Crippen LogP contribution in [0.25, 0.3) is 0 Å². The fraction of sp³-hybridized carbons (Fsp3) is 0.844. The summed E-state index contributed by atoms with van der Waals surface area (Å²) in [6.45, 7) is 15.5. The molecule has 5 aliphatic rings. The van der Waals surface area contributed by atoms with Crippen molar-refractivity contribution in [2.45, 2.75) is 112 Å². The molecule has 6 heteroatoms. The van der Waals surface area contributed by atoms with Gasteiger partial charge in [-0.05, 0) is 98.2 Å². The highest BCUT2D eigenvalue weighted by atomic mass is 16.5. The first-order chi connectivity index (χ1) is 17.5. The van der Waals surface area contributed by atoms with Crippen molar-refractivity contribution in [1.29, 1.82) is 0 Å². The van der Waals surface area contributed by atoms with Crippen LogP contribution in [0.1, 0.15) is 106 Å². The molecule has 0 radical (unpaired) electrons. The van der Waals surface area contributed by atoms with E-state index in [1.165, 1.54) is 12.7 Å². The number of carbonyl (C=O) groups is 3. The number of rotatable bonds is 4. The van der Waals surface area contributed by atoms with Gasteiger partial charge in [-0.1, -0.05) is 46.3 Å². The van der Waals surface area contributed by atoms with Gasteiger partial charge in [-0.25, -0.2) is 0 Å². The van der Waals surface area contributed by atoms with Crippen LogP contribution < -0.4 is 0 Å². The van der Waals surface area contributed by atoms with E-state index >= 15 is 0 Å². The van der Waals surface area contributed by atoms with Gasteiger partial charge in [0.25, 0.3) is 0 Å². The number of aliphatic carboxylic acids is 1. The molecule has 2 bridgehead atoms. The molecule has 5 rings (SSSR count). The fourth-order valence-electron chi connectivity index (χ4n) is 10.9. The maximum atomic E-state index is 13.0. The molecule has 0 aromatic heterocycles. The number of hydrogen-bond acceptors (Lipinski definition) is 5. The summed E-state index contributed by atoms with van der Waals surface area (Å²) in [5.41, 5.74) is -0.0219. The molecule has 4 fully saturated rings. The molecule has 0 amide bonds. The summed E-state index contributed by atoms with van der Waals surface area (Å²) in [5, 5.41) is 10.1. The van der Waals surface area contributed by atoms with Crippen molar-refractivity contribution >= 4 is 17.9 Å². The summed E-state index contributed by atoms with van der Waals surface area (Å²) in [4.78, 5) is 37.8. The summed E-state index contributed by atoms with van der Waals surface area (Å²) in [6.07, 6.45) is 9.57. The molecule has 212 valence electrons. The van der Waals surface area contributed by atoms with Crippen LogP contribution in [0.3, 0.4) is 0 Å². The molecule has 1 aliphatic heterocycles. The summed E-state index contributed by atoms with van der Waals surface area (Å²) < 4.78 is 11.2. The van der Waals surface area contributed by atoms with Gasteiger partial charge in [0.15, 0.2) is 0 Å². The van der Waals surface area contributed by atoms with Crippen molar-refractivity contribution in [2.24, 2.45) is 50.2 Å². The molecule has 4 aliphatic carbocycles. The summed E-state index contributed by atoms with van der Waals surface area (Å²) in [6, 6.07) is 0. The van der Waals surface area contributed by atoms with Gasteiger partial charge in [0.2, 0.25) is 0 Å². The molecule has 1 saturated heterocycles. The molecule has 3 saturated carbocycles. The first kappa shape index (κ1) is 27.7. The number of esters is 2. The predicted octanol–water partition coefficient (Wildman–Crippen LogP) is 6.57. The number of carboxylic acid groups (broad SMARTS) is 1. The van der Waals surface area contributed by atoms with E-state index < -0.39 is 16.8 Å². The maximum Gasteiger partial charge on any atom is 0.311 e. The quantitative estimate of drug-likeness (QED) is 0.328. The Kier molecular flexibility index (Phi) is 6.07. The van der Waals surface area contributed by atoms with Gasteiger partial charge in [-0.15, -0.1) is 0 Å². The van der Waals surface area contributed by atoms with E-state index in [1.807, 2.05) is 13.8 Å². The van der Waals surface area contributed by atoms with Gasteiger partial charge in [-0.3, -0.25) is 14.4 Å². The van der Waals surface area contributed by atoms with Gasteiger partial charge < -0.3 is 14.6 Å². The second kappa shape index (κ2) is 8.33. The van der Waals surface area contributed by atoms with Crippen molar-refractivity contribution in [1.82, 2.24) is 0 Å². The van der Waals surface area contributed by atoms with Crippen LogP contribution in [0.5, 0.6) is 0 Å². The highest BCUT2D eigenvalue weighted by molar-refractivity contribution is 5.77. The summed E-state index contributed by atoms with van der Waals surface area (Å²) in [5.74, 6) is -0.678. The molecule has 0 aromatic rings. The normalized spacial score (nSPS) is 48.0. The van der Waals surface area contributed by atoms with Crippen LogP contribution in [0.15, 0.2) is 11.6 Å². The molecular formula is C32H48O6. The molecular weight excluding hydrogens is 480 g/mol. The number of allylic oxidation sites excluding steroid dienone is 2. The van der Waals surface area contributed by atoms with E-state index in [1.54, 1.807) is 0 Å². The topological polar surface area (TPSA) is 89.9 Å². The molecule has 9 atom stereocenters. The minimum absolute atomic E-state index is 0.0267. The first-order valence-corrected chi connectivity index (χ1v) is 14.7. The second-order valence-electron chi connectivity index (χ2n) is 15.5. The number of carbonyl (C=O) groups excluding carboxylic acids is 2. The smallest absolute Gasteiger partial charge is 0.311 e. The predicted molar refractivity (Wildman–Crippen MR) is 144 cm³/mol. The Hall–Kier alpha value is -1.85. The van der Waals surface area contributed by atoms with E-state index in [4.69, 9.17) is 9.47 Å². The Morgan fingerprint density at radius 3 is 2.42 bits per heavy atom. The third kappa shape index (κ3) is 3.53. The van der Waals surface area contributed by atoms with Gasteiger partial charge in [0.05, 0.1) is 25.4 Å². The van der Waals surface area contributed by atoms with Crippen molar-refractivity contribution < 1.29 is 29.0 Å². The first-order valence-electron chi connectivity index (χ1n) is 14.7. The van der Waals surface area contributed by atoms with Crippen molar-refractivity contribution in [3.63, 3.8) is 0 Å². The summed E-state index contributed by atoms with van der Waals surface area (Å²) in [7, 11) is 1.43. The number of hydrogen-bond donors (Lipinski definition) is 1. The lowest BCUT2D eigenvalue weighted by Crippen LogP contribution is -2.65. The Bertz CT molecular complexity index is 1090. The lowest BCUT2D eigenvalue weighted by molar-refractivity contribution is -0.209. The molecule has 0 unspecified atom stereocenters. The Labute approximate surface area is 228 Å². The highest BCUT2D eigenvalue weighted by Crippen LogP contribution is 2.75. The molecule has 1 heterocycles. The Morgan fingerprint density at radius 2 is 1.79 bits per heavy atom. The minimum Gasteiger partial charge on any atom is -0.481 e.